The Kier molecular flexibility index (Phi) is 2.53. The molecule has 0 radical (unpaired) electrons. The summed E-state index contributed by atoms with van der Waals surface area (Å²) < 4.78 is 0. The molecule has 4 N–H and O–H groups in total. The van der Waals surface area contributed by atoms with Crippen LogP contribution in [0.15, 0.2) is 30.5 Å². The van der Waals surface area contributed by atoms with Crippen LogP contribution in [-0.4, -0.2) is 11.5 Å². The Hall–Kier alpha value is -2.05. The predicted molar refractivity (Wildman–Crippen MR) is 62.1 cm³/mol. The Morgan fingerprint density at radius 3 is 2.67 bits per heavy atom. The Morgan fingerprint density at radius 2 is 1.93 bits per heavy atom. The van der Waals surface area contributed by atoms with Gasteiger partial charge in [-0.25, -0.2) is 4.98 Å². The topological polar surface area (TPSA) is 64.9 Å². The molecule has 74 valence electrons. The number of fused-ring (bicyclic) bond motifs is 1. The molecule has 1 heterocycles. The van der Waals surface area contributed by atoms with Gasteiger partial charge in [-0.05, 0) is 0 Å². The summed E-state index contributed by atoms with van der Waals surface area (Å²) in [4.78, 5) is 4.09. The van der Waals surface area contributed by atoms with Gasteiger partial charge in [0, 0.05) is 17.0 Å². The SMILES string of the molecule is NCC#Cc1cnc(N)c2ccccc12. The maximum Gasteiger partial charge on any atom is 0.131 e. The molecule has 0 atom stereocenters. The molecule has 15 heavy (non-hydrogen) atoms. The van der Waals surface area contributed by atoms with Crippen molar-refractivity contribution in [3.8, 4) is 11.8 Å². The van der Waals surface area contributed by atoms with Gasteiger partial charge in [0.1, 0.15) is 5.82 Å². The van der Waals surface area contributed by atoms with Gasteiger partial charge >= 0.3 is 0 Å². The first-order chi connectivity index (χ1) is 7.33. The molecule has 2 rings (SSSR count). The van der Waals surface area contributed by atoms with Crippen molar-refractivity contribution in [1.82, 2.24) is 4.98 Å². The first-order valence-electron chi connectivity index (χ1n) is 4.65. The van der Waals surface area contributed by atoms with Gasteiger partial charge in [0.25, 0.3) is 0 Å². The first-order valence-corrected chi connectivity index (χ1v) is 4.65. The van der Waals surface area contributed by atoms with Crippen LogP contribution in [0.25, 0.3) is 10.8 Å². The van der Waals surface area contributed by atoms with E-state index in [2.05, 4.69) is 16.8 Å². The average molecular weight is 197 g/mol. The molecule has 3 heteroatoms. The minimum absolute atomic E-state index is 0.346. The molecule has 0 amide bonds. The number of pyridine rings is 1. The van der Waals surface area contributed by atoms with Crippen molar-refractivity contribution in [3.05, 3.63) is 36.0 Å². The molecule has 1 aromatic heterocycles. The van der Waals surface area contributed by atoms with Crippen molar-refractivity contribution in [2.24, 2.45) is 5.73 Å². The highest BCUT2D eigenvalue weighted by Crippen LogP contribution is 2.21. The quantitative estimate of drug-likeness (QED) is 0.622. The molecule has 0 aliphatic rings. The van der Waals surface area contributed by atoms with Crippen molar-refractivity contribution in [2.75, 3.05) is 12.3 Å². The molecule has 0 fully saturated rings. The second-order valence-electron chi connectivity index (χ2n) is 3.11. The summed E-state index contributed by atoms with van der Waals surface area (Å²) in [6, 6.07) is 7.80. The van der Waals surface area contributed by atoms with Gasteiger partial charge in [0.15, 0.2) is 0 Å². The lowest BCUT2D eigenvalue weighted by atomic mass is 10.1. The molecule has 0 aliphatic heterocycles. The molecular formula is C12H11N3. The summed E-state index contributed by atoms with van der Waals surface area (Å²) >= 11 is 0. The number of hydrogen-bond acceptors (Lipinski definition) is 3. The maximum absolute atomic E-state index is 5.77. The van der Waals surface area contributed by atoms with Crippen LogP contribution >= 0.6 is 0 Å². The zero-order valence-corrected chi connectivity index (χ0v) is 8.20. The van der Waals surface area contributed by atoms with E-state index in [4.69, 9.17) is 11.5 Å². The third-order valence-corrected chi connectivity index (χ3v) is 2.15. The lowest BCUT2D eigenvalue weighted by molar-refractivity contribution is 1.30. The largest absolute Gasteiger partial charge is 0.383 e. The highest BCUT2D eigenvalue weighted by atomic mass is 14.8. The van der Waals surface area contributed by atoms with Gasteiger partial charge in [0.2, 0.25) is 0 Å². The first kappa shape index (κ1) is 9.50. The van der Waals surface area contributed by atoms with Gasteiger partial charge in [-0.3, -0.25) is 0 Å². The standard InChI is InChI=1S/C12H11N3/c13-7-3-4-9-8-15-12(14)11-6-2-1-5-10(9)11/h1-2,5-6,8H,7,13H2,(H2,14,15). The molecule has 3 nitrogen and oxygen atoms in total. The fourth-order valence-electron chi connectivity index (χ4n) is 1.46. The van der Waals surface area contributed by atoms with Crippen molar-refractivity contribution in [1.29, 1.82) is 0 Å². The number of nitrogen functional groups attached to an aromatic ring is 1. The van der Waals surface area contributed by atoms with Crippen LogP contribution in [0.2, 0.25) is 0 Å². The van der Waals surface area contributed by atoms with E-state index in [-0.39, 0.29) is 0 Å². The third kappa shape index (κ3) is 1.76. The van der Waals surface area contributed by atoms with Crippen LogP contribution in [0, 0.1) is 11.8 Å². The summed E-state index contributed by atoms with van der Waals surface area (Å²) in [6.07, 6.45) is 1.68. The summed E-state index contributed by atoms with van der Waals surface area (Å²) in [6.45, 7) is 0.346. The normalized spacial score (nSPS) is 9.67. The van der Waals surface area contributed by atoms with Crippen LogP contribution in [0.4, 0.5) is 5.82 Å². The van der Waals surface area contributed by atoms with E-state index in [9.17, 15) is 0 Å². The Morgan fingerprint density at radius 1 is 1.20 bits per heavy atom. The van der Waals surface area contributed by atoms with E-state index in [1.165, 1.54) is 0 Å². The molecule has 0 aliphatic carbocycles. The van der Waals surface area contributed by atoms with E-state index in [1.54, 1.807) is 6.20 Å². The monoisotopic (exact) mass is 197 g/mol. The molecular weight excluding hydrogens is 186 g/mol. The average Bonchev–Trinajstić information content (AvgIpc) is 2.29. The van der Waals surface area contributed by atoms with Crippen LogP contribution < -0.4 is 11.5 Å². The number of benzene rings is 1. The van der Waals surface area contributed by atoms with E-state index in [0.29, 0.717) is 12.4 Å². The van der Waals surface area contributed by atoms with Gasteiger partial charge in [-0.15, -0.1) is 0 Å². The second-order valence-corrected chi connectivity index (χ2v) is 3.11. The highest BCUT2D eigenvalue weighted by Gasteiger charge is 2.01. The second kappa shape index (κ2) is 3.99. The van der Waals surface area contributed by atoms with E-state index < -0.39 is 0 Å². The minimum Gasteiger partial charge on any atom is -0.383 e. The van der Waals surface area contributed by atoms with Crippen LogP contribution in [-0.2, 0) is 0 Å². The lowest BCUT2D eigenvalue weighted by Gasteiger charge is -2.02. The molecule has 0 bridgehead atoms. The van der Waals surface area contributed by atoms with Crippen LogP contribution in [0.3, 0.4) is 0 Å². The predicted octanol–water partition coefficient (Wildman–Crippen LogP) is 1.13. The molecule has 2 aromatic rings. The smallest absolute Gasteiger partial charge is 0.131 e. The summed E-state index contributed by atoms with van der Waals surface area (Å²) in [5, 5.41) is 1.95. The van der Waals surface area contributed by atoms with Crippen molar-refractivity contribution >= 4 is 16.6 Å². The van der Waals surface area contributed by atoms with Crippen molar-refractivity contribution in [2.45, 2.75) is 0 Å². The number of nitrogens with two attached hydrogens (primary N) is 2. The number of nitrogens with zero attached hydrogens (tertiary/aromatic N) is 1. The highest BCUT2D eigenvalue weighted by molar-refractivity contribution is 5.94. The zero-order chi connectivity index (χ0) is 10.7. The Bertz CT molecular complexity index is 550. The molecule has 0 saturated carbocycles. The number of anilines is 1. The van der Waals surface area contributed by atoms with Crippen molar-refractivity contribution < 1.29 is 0 Å². The summed E-state index contributed by atoms with van der Waals surface area (Å²) in [5.74, 6) is 6.33. The summed E-state index contributed by atoms with van der Waals surface area (Å²) in [5.41, 5.74) is 12.0. The fourth-order valence-corrected chi connectivity index (χ4v) is 1.46. The van der Waals surface area contributed by atoms with E-state index >= 15 is 0 Å². The van der Waals surface area contributed by atoms with Crippen molar-refractivity contribution in [3.63, 3.8) is 0 Å². The van der Waals surface area contributed by atoms with Crippen LogP contribution in [0.1, 0.15) is 5.56 Å². The number of rotatable bonds is 0. The van der Waals surface area contributed by atoms with E-state index in [0.717, 1.165) is 16.3 Å². The minimum atomic E-state index is 0.346. The van der Waals surface area contributed by atoms with Gasteiger partial charge < -0.3 is 11.5 Å². The Balaban J connectivity index is 2.72. The Labute approximate surface area is 88.1 Å². The maximum atomic E-state index is 5.77. The molecule has 1 aromatic carbocycles. The van der Waals surface area contributed by atoms with E-state index in [1.807, 2.05) is 24.3 Å². The van der Waals surface area contributed by atoms with Gasteiger partial charge in [0.05, 0.1) is 12.1 Å². The molecule has 0 spiro atoms. The summed E-state index contributed by atoms with van der Waals surface area (Å²) in [7, 11) is 0. The van der Waals surface area contributed by atoms with Gasteiger partial charge in [-0.1, -0.05) is 36.1 Å². The fraction of sp³-hybridized carbons (Fsp3) is 0.0833. The number of aromatic nitrogens is 1. The lowest BCUT2D eigenvalue weighted by Crippen LogP contribution is -1.95. The van der Waals surface area contributed by atoms with Crippen LogP contribution in [0.5, 0.6) is 0 Å². The zero-order valence-electron chi connectivity index (χ0n) is 8.20. The molecule has 0 unspecified atom stereocenters. The number of hydrogen-bond donors (Lipinski definition) is 2. The molecule has 0 saturated heterocycles. The third-order valence-electron chi connectivity index (χ3n) is 2.15. The van der Waals surface area contributed by atoms with Gasteiger partial charge in [-0.2, -0.15) is 0 Å².